The second-order valence-corrected chi connectivity index (χ2v) is 5.11. The number of carbonyl (C=O) groups is 1. The van der Waals surface area contributed by atoms with Crippen LogP contribution in [0.4, 0.5) is 5.82 Å². The number of pyridine rings is 1. The maximum atomic E-state index is 11.4. The van der Waals surface area contributed by atoms with Crippen LogP contribution in [-0.2, 0) is 14.8 Å². The molecule has 0 spiro atoms. The Hall–Kier alpha value is -1.63. The van der Waals surface area contributed by atoms with Gasteiger partial charge in [-0.1, -0.05) is 0 Å². The van der Waals surface area contributed by atoms with Crippen molar-refractivity contribution in [2.45, 2.75) is 0 Å². The summed E-state index contributed by atoms with van der Waals surface area (Å²) >= 11 is 0. The van der Waals surface area contributed by atoms with E-state index >= 15 is 0 Å². The van der Waals surface area contributed by atoms with E-state index in [9.17, 15) is 13.2 Å². The van der Waals surface area contributed by atoms with Crippen LogP contribution in [0.1, 0.15) is 10.4 Å². The van der Waals surface area contributed by atoms with Gasteiger partial charge in [-0.05, 0) is 12.1 Å². The van der Waals surface area contributed by atoms with Gasteiger partial charge in [-0.25, -0.2) is 18.2 Å². The largest absolute Gasteiger partial charge is 0.465 e. The number of carbonyl (C=O) groups excluding carboxylic acids is 1. The fraction of sp³-hybridized carbons (Fsp3) is 0.333. The first-order chi connectivity index (χ1) is 7.38. The molecule has 1 rings (SSSR count). The average Bonchev–Trinajstić information content (AvgIpc) is 2.25. The third-order valence-electron chi connectivity index (χ3n) is 1.99. The number of methoxy groups -OCH3 is 1. The summed E-state index contributed by atoms with van der Waals surface area (Å²) in [7, 11) is -0.912. The maximum Gasteiger partial charge on any atom is 0.341 e. The highest BCUT2D eigenvalue weighted by atomic mass is 32.2. The molecule has 1 heterocycles. The monoisotopic (exact) mass is 244 g/mol. The smallest absolute Gasteiger partial charge is 0.341 e. The number of esters is 1. The standard InChI is InChI=1S/C9H12N2O4S/c1-11(16(3,13)14)8-7(9(12)15-2)5-4-6-10-8/h4-6H,1-3H3. The first-order valence-corrected chi connectivity index (χ1v) is 6.20. The number of hydrogen-bond acceptors (Lipinski definition) is 5. The van der Waals surface area contributed by atoms with Crippen molar-refractivity contribution in [3.63, 3.8) is 0 Å². The lowest BCUT2D eigenvalue weighted by Crippen LogP contribution is -2.27. The van der Waals surface area contributed by atoms with Crippen molar-refractivity contribution in [2.75, 3.05) is 24.7 Å². The summed E-state index contributed by atoms with van der Waals surface area (Å²) < 4.78 is 28.1. The van der Waals surface area contributed by atoms with E-state index < -0.39 is 16.0 Å². The van der Waals surface area contributed by atoms with E-state index in [-0.39, 0.29) is 11.4 Å². The lowest BCUT2D eigenvalue weighted by atomic mass is 10.2. The number of sulfonamides is 1. The van der Waals surface area contributed by atoms with Crippen molar-refractivity contribution in [3.05, 3.63) is 23.9 Å². The third-order valence-corrected chi connectivity index (χ3v) is 3.16. The van der Waals surface area contributed by atoms with E-state index in [2.05, 4.69) is 9.72 Å². The van der Waals surface area contributed by atoms with Gasteiger partial charge in [0.2, 0.25) is 10.0 Å². The number of ether oxygens (including phenoxy) is 1. The number of anilines is 1. The van der Waals surface area contributed by atoms with Crippen molar-refractivity contribution in [3.8, 4) is 0 Å². The van der Waals surface area contributed by atoms with Crippen LogP contribution < -0.4 is 4.31 Å². The highest BCUT2D eigenvalue weighted by Crippen LogP contribution is 2.18. The number of rotatable bonds is 3. The minimum atomic E-state index is -3.46. The minimum absolute atomic E-state index is 0.0526. The molecule has 88 valence electrons. The quantitative estimate of drug-likeness (QED) is 0.713. The molecule has 0 fully saturated rings. The van der Waals surface area contributed by atoms with E-state index in [4.69, 9.17) is 0 Å². The molecule has 6 nitrogen and oxygen atoms in total. The normalized spacial score (nSPS) is 10.9. The molecule has 16 heavy (non-hydrogen) atoms. The molecule has 0 saturated heterocycles. The summed E-state index contributed by atoms with van der Waals surface area (Å²) in [6, 6.07) is 2.99. The van der Waals surface area contributed by atoms with Crippen molar-refractivity contribution >= 4 is 21.8 Å². The molecule has 0 N–H and O–H groups in total. The van der Waals surface area contributed by atoms with Crippen molar-refractivity contribution in [1.29, 1.82) is 0 Å². The van der Waals surface area contributed by atoms with Gasteiger partial charge >= 0.3 is 5.97 Å². The molecule has 0 aromatic carbocycles. The Morgan fingerprint density at radius 2 is 2.12 bits per heavy atom. The van der Waals surface area contributed by atoms with Gasteiger partial charge in [0.05, 0.1) is 13.4 Å². The lowest BCUT2D eigenvalue weighted by molar-refractivity contribution is 0.0601. The van der Waals surface area contributed by atoms with Crippen LogP contribution in [0.15, 0.2) is 18.3 Å². The van der Waals surface area contributed by atoms with Crippen molar-refractivity contribution in [1.82, 2.24) is 4.98 Å². The van der Waals surface area contributed by atoms with Crippen LogP contribution in [0.3, 0.4) is 0 Å². The van der Waals surface area contributed by atoms with Crippen molar-refractivity contribution < 1.29 is 17.9 Å². The second kappa shape index (κ2) is 4.48. The summed E-state index contributed by atoms with van der Waals surface area (Å²) in [5.41, 5.74) is 0.109. The van der Waals surface area contributed by atoms with Crippen LogP contribution >= 0.6 is 0 Å². The molecule has 0 saturated carbocycles. The molecule has 0 radical (unpaired) electrons. The Bertz CT molecular complexity index is 498. The van der Waals surface area contributed by atoms with E-state index in [1.165, 1.54) is 32.5 Å². The van der Waals surface area contributed by atoms with E-state index in [1.807, 2.05) is 0 Å². The summed E-state index contributed by atoms with van der Waals surface area (Å²) in [6.45, 7) is 0. The SMILES string of the molecule is COC(=O)c1cccnc1N(C)S(C)(=O)=O. The van der Waals surface area contributed by atoms with Gasteiger partial charge in [-0.15, -0.1) is 0 Å². The van der Waals surface area contributed by atoms with Gasteiger partial charge in [0, 0.05) is 13.2 Å². The van der Waals surface area contributed by atoms with Gasteiger partial charge < -0.3 is 4.74 Å². The molecule has 0 amide bonds. The van der Waals surface area contributed by atoms with Gasteiger partial charge in [0.15, 0.2) is 5.82 Å². The first kappa shape index (κ1) is 12.4. The van der Waals surface area contributed by atoms with Crippen LogP contribution in [0, 0.1) is 0 Å². The molecule has 0 aliphatic carbocycles. The fourth-order valence-corrected chi connectivity index (χ4v) is 1.53. The summed E-state index contributed by atoms with van der Waals surface area (Å²) in [6.07, 6.45) is 2.44. The van der Waals surface area contributed by atoms with Gasteiger partial charge in [0.1, 0.15) is 5.56 Å². The third kappa shape index (κ3) is 2.48. The predicted molar refractivity (Wildman–Crippen MR) is 58.8 cm³/mol. The number of nitrogens with zero attached hydrogens (tertiary/aromatic N) is 2. The Morgan fingerprint density at radius 3 is 2.62 bits per heavy atom. The molecule has 0 aliphatic heterocycles. The Morgan fingerprint density at radius 1 is 1.50 bits per heavy atom. The highest BCUT2D eigenvalue weighted by molar-refractivity contribution is 7.92. The zero-order valence-corrected chi connectivity index (χ0v) is 9.98. The number of aromatic nitrogens is 1. The lowest BCUT2D eigenvalue weighted by Gasteiger charge is -2.17. The van der Waals surface area contributed by atoms with E-state index in [1.54, 1.807) is 0 Å². The molecule has 0 bridgehead atoms. The highest BCUT2D eigenvalue weighted by Gasteiger charge is 2.20. The van der Waals surface area contributed by atoms with Crippen LogP contribution in [0.2, 0.25) is 0 Å². The second-order valence-electron chi connectivity index (χ2n) is 3.10. The maximum absolute atomic E-state index is 11.4. The molecule has 0 unspecified atom stereocenters. The first-order valence-electron chi connectivity index (χ1n) is 4.35. The Labute approximate surface area is 93.9 Å². The van der Waals surface area contributed by atoms with Crippen molar-refractivity contribution in [2.24, 2.45) is 0 Å². The van der Waals surface area contributed by atoms with Crippen LogP contribution in [-0.4, -0.2) is 39.8 Å². The zero-order valence-electron chi connectivity index (χ0n) is 9.17. The van der Waals surface area contributed by atoms with E-state index in [0.717, 1.165) is 10.6 Å². The topological polar surface area (TPSA) is 76.6 Å². The van der Waals surface area contributed by atoms with Gasteiger partial charge in [0.25, 0.3) is 0 Å². The predicted octanol–water partition coefficient (Wildman–Crippen LogP) is 0.264. The summed E-state index contributed by atoms with van der Waals surface area (Å²) in [4.78, 5) is 15.2. The minimum Gasteiger partial charge on any atom is -0.465 e. The number of hydrogen-bond donors (Lipinski definition) is 0. The zero-order chi connectivity index (χ0) is 12.3. The summed E-state index contributed by atoms with van der Waals surface area (Å²) in [5.74, 6) is -0.574. The molecule has 7 heteroatoms. The molecule has 1 aromatic heterocycles. The van der Waals surface area contributed by atoms with Crippen LogP contribution in [0.5, 0.6) is 0 Å². The molecule has 0 aliphatic rings. The molecule has 1 aromatic rings. The Balaban J connectivity index is 3.29. The van der Waals surface area contributed by atoms with Gasteiger partial charge in [-0.3, -0.25) is 4.31 Å². The molecular formula is C9H12N2O4S. The fourth-order valence-electron chi connectivity index (χ4n) is 1.07. The van der Waals surface area contributed by atoms with Gasteiger partial charge in [-0.2, -0.15) is 0 Å². The Kier molecular flexibility index (Phi) is 3.48. The summed E-state index contributed by atoms with van der Waals surface area (Å²) in [5, 5.41) is 0. The molecular weight excluding hydrogens is 232 g/mol. The van der Waals surface area contributed by atoms with Crippen LogP contribution in [0.25, 0.3) is 0 Å². The average molecular weight is 244 g/mol. The molecule has 0 atom stereocenters. The van der Waals surface area contributed by atoms with E-state index in [0.29, 0.717) is 0 Å².